The second-order valence-corrected chi connectivity index (χ2v) is 5.34. The van der Waals surface area contributed by atoms with Crippen molar-refractivity contribution in [3.63, 3.8) is 0 Å². The normalized spacial score (nSPS) is 15.5. The highest BCUT2D eigenvalue weighted by Crippen LogP contribution is 2.28. The van der Waals surface area contributed by atoms with Crippen LogP contribution in [0.3, 0.4) is 0 Å². The Morgan fingerprint density at radius 2 is 2.05 bits per heavy atom. The van der Waals surface area contributed by atoms with Gasteiger partial charge in [-0.3, -0.25) is 0 Å². The number of nitrogens with one attached hydrogen (secondary N) is 1. The summed E-state index contributed by atoms with van der Waals surface area (Å²) in [5.41, 5.74) is 1.19. The number of aliphatic hydroxyl groups excluding tert-OH is 1. The van der Waals surface area contributed by atoms with Gasteiger partial charge in [0.25, 0.3) is 0 Å². The van der Waals surface area contributed by atoms with Crippen LogP contribution in [-0.4, -0.2) is 32.0 Å². The molecule has 0 bridgehead atoms. The van der Waals surface area contributed by atoms with Crippen LogP contribution in [0.4, 0.5) is 0 Å². The van der Waals surface area contributed by atoms with Gasteiger partial charge in [0.2, 0.25) is 0 Å². The lowest BCUT2D eigenvalue weighted by atomic mass is 10.1. The molecule has 2 N–H and O–H groups in total. The Morgan fingerprint density at radius 3 is 2.75 bits per heavy atom. The largest absolute Gasteiger partial charge is 0.493 e. The minimum Gasteiger partial charge on any atom is -0.493 e. The molecule has 1 aromatic rings. The molecular weight excluding hydrogens is 254 g/mol. The van der Waals surface area contributed by atoms with E-state index in [0.29, 0.717) is 5.75 Å². The number of ether oxygens (including phenoxy) is 2. The highest BCUT2D eigenvalue weighted by molar-refractivity contribution is 5.42. The Hall–Kier alpha value is -1.26. The zero-order chi connectivity index (χ0) is 14.2. The lowest BCUT2D eigenvalue weighted by Crippen LogP contribution is -2.20. The summed E-state index contributed by atoms with van der Waals surface area (Å²) in [7, 11) is 1.64. The molecule has 0 unspecified atom stereocenters. The van der Waals surface area contributed by atoms with Crippen molar-refractivity contribution < 1.29 is 14.6 Å². The zero-order valence-electron chi connectivity index (χ0n) is 12.2. The molecule has 2 rings (SSSR count). The predicted octanol–water partition coefficient (Wildman–Crippen LogP) is 2.35. The molecule has 20 heavy (non-hydrogen) atoms. The van der Waals surface area contributed by atoms with Crippen molar-refractivity contribution in [3.8, 4) is 11.5 Å². The van der Waals surface area contributed by atoms with Gasteiger partial charge in [0, 0.05) is 6.54 Å². The van der Waals surface area contributed by atoms with Gasteiger partial charge in [0.15, 0.2) is 11.5 Å². The SMILES string of the molecule is COc1cc(CNCC2CCCC2)ccc1OCCO. The number of hydrogen-bond donors (Lipinski definition) is 2. The van der Waals surface area contributed by atoms with Crippen LogP contribution >= 0.6 is 0 Å². The molecule has 4 heteroatoms. The van der Waals surface area contributed by atoms with Gasteiger partial charge in [-0.15, -0.1) is 0 Å². The third kappa shape index (κ3) is 4.39. The van der Waals surface area contributed by atoms with Gasteiger partial charge >= 0.3 is 0 Å². The van der Waals surface area contributed by atoms with E-state index in [4.69, 9.17) is 14.6 Å². The van der Waals surface area contributed by atoms with E-state index in [9.17, 15) is 0 Å². The van der Waals surface area contributed by atoms with Gasteiger partial charge in [-0.25, -0.2) is 0 Å². The van der Waals surface area contributed by atoms with E-state index in [1.54, 1.807) is 7.11 Å². The fraction of sp³-hybridized carbons (Fsp3) is 0.625. The van der Waals surface area contributed by atoms with E-state index < -0.39 is 0 Å². The Morgan fingerprint density at radius 1 is 1.25 bits per heavy atom. The summed E-state index contributed by atoms with van der Waals surface area (Å²) in [6.45, 7) is 2.25. The average Bonchev–Trinajstić information content (AvgIpc) is 2.99. The Bertz CT molecular complexity index is 403. The summed E-state index contributed by atoms with van der Waals surface area (Å²) in [6.07, 6.45) is 5.50. The van der Waals surface area contributed by atoms with E-state index in [0.717, 1.165) is 24.8 Å². The van der Waals surface area contributed by atoms with Crippen LogP contribution in [0.5, 0.6) is 11.5 Å². The summed E-state index contributed by atoms with van der Waals surface area (Å²) in [5.74, 6) is 2.25. The minimum absolute atomic E-state index is 0.00779. The number of aliphatic hydroxyl groups is 1. The third-order valence-corrected chi connectivity index (χ3v) is 3.81. The highest BCUT2D eigenvalue weighted by atomic mass is 16.5. The number of rotatable bonds is 8. The van der Waals surface area contributed by atoms with E-state index in [2.05, 4.69) is 5.32 Å². The average molecular weight is 279 g/mol. The first-order valence-electron chi connectivity index (χ1n) is 7.44. The first-order valence-corrected chi connectivity index (χ1v) is 7.44. The summed E-state index contributed by atoms with van der Waals surface area (Å²) in [4.78, 5) is 0. The maximum Gasteiger partial charge on any atom is 0.161 e. The molecule has 0 aromatic heterocycles. The van der Waals surface area contributed by atoms with Gasteiger partial charge in [-0.1, -0.05) is 18.9 Å². The van der Waals surface area contributed by atoms with E-state index in [-0.39, 0.29) is 13.2 Å². The molecule has 1 aliphatic rings. The molecule has 1 saturated carbocycles. The van der Waals surface area contributed by atoms with Crippen molar-refractivity contribution in [3.05, 3.63) is 23.8 Å². The van der Waals surface area contributed by atoms with Crippen molar-refractivity contribution in [2.45, 2.75) is 32.2 Å². The molecule has 112 valence electrons. The standard InChI is InChI=1S/C16H25NO3/c1-19-16-10-14(6-7-15(16)20-9-8-18)12-17-11-13-4-2-3-5-13/h6-7,10,13,17-18H,2-5,8-9,11-12H2,1H3. The van der Waals surface area contributed by atoms with Gasteiger partial charge < -0.3 is 19.9 Å². The van der Waals surface area contributed by atoms with Crippen molar-refractivity contribution in [1.82, 2.24) is 5.32 Å². The summed E-state index contributed by atoms with van der Waals surface area (Å²) < 4.78 is 10.8. The number of benzene rings is 1. The summed E-state index contributed by atoms with van der Waals surface area (Å²) in [6, 6.07) is 5.94. The van der Waals surface area contributed by atoms with Gasteiger partial charge in [-0.2, -0.15) is 0 Å². The maximum atomic E-state index is 8.79. The molecule has 0 atom stereocenters. The van der Waals surface area contributed by atoms with Crippen LogP contribution in [0.1, 0.15) is 31.2 Å². The molecule has 0 heterocycles. The monoisotopic (exact) mass is 279 g/mol. The van der Waals surface area contributed by atoms with Crippen LogP contribution in [0.15, 0.2) is 18.2 Å². The first-order chi connectivity index (χ1) is 9.83. The smallest absolute Gasteiger partial charge is 0.161 e. The molecule has 0 saturated heterocycles. The summed E-state index contributed by atoms with van der Waals surface area (Å²) >= 11 is 0. The lowest BCUT2D eigenvalue weighted by molar-refractivity contribution is 0.196. The van der Waals surface area contributed by atoms with E-state index >= 15 is 0 Å². The van der Waals surface area contributed by atoms with Crippen molar-refractivity contribution in [2.24, 2.45) is 5.92 Å². The fourth-order valence-corrected chi connectivity index (χ4v) is 2.73. The molecule has 1 aromatic carbocycles. The quantitative estimate of drug-likeness (QED) is 0.767. The molecule has 1 aliphatic carbocycles. The van der Waals surface area contributed by atoms with Gasteiger partial charge in [-0.05, 0) is 43.0 Å². The van der Waals surface area contributed by atoms with Crippen LogP contribution in [0, 0.1) is 5.92 Å². The summed E-state index contributed by atoms with van der Waals surface area (Å²) in [5, 5.41) is 12.3. The van der Waals surface area contributed by atoms with Crippen LogP contribution in [0.2, 0.25) is 0 Å². The second-order valence-electron chi connectivity index (χ2n) is 5.34. The molecule has 1 fully saturated rings. The second kappa shape index (κ2) is 8.12. The topological polar surface area (TPSA) is 50.7 Å². The van der Waals surface area contributed by atoms with E-state index in [1.807, 2.05) is 18.2 Å². The first kappa shape index (κ1) is 15.1. The van der Waals surface area contributed by atoms with Gasteiger partial charge in [0.1, 0.15) is 6.61 Å². The lowest BCUT2D eigenvalue weighted by Gasteiger charge is -2.13. The van der Waals surface area contributed by atoms with Crippen LogP contribution in [0.25, 0.3) is 0 Å². The molecule has 0 spiro atoms. The van der Waals surface area contributed by atoms with Crippen molar-refractivity contribution >= 4 is 0 Å². The van der Waals surface area contributed by atoms with Crippen LogP contribution in [-0.2, 0) is 6.54 Å². The molecular formula is C16H25NO3. The molecule has 0 amide bonds. The zero-order valence-corrected chi connectivity index (χ0v) is 12.2. The number of methoxy groups -OCH3 is 1. The van der Waals surface area contributed by atoms with E-state index in [1.165, 1.54) is 31.2 Å². The maximum absolute atomic E-state index is 8.79. The Labute approximate surface area is 121 Å². The molecule has 4 nitrogen and oxygen atoms in total. The fourth-order valence-electron chi connectivity index (χ4n) is 2.73. The highest BCUT2D eigenvalue weighted by Gasteiger charge is 2.14. The van der Waals surface area contributed by atoms with Crippen molar-refractivity contribution in [2.75, 3.05) is 26.9 Å². The molecule has 0 aliphatic heterocycles. The van der Waals surface area contributed by atoms with Gasteiger partial charge in [0.05, 0.1) is 13.7 Å². The number of hydrogen-bond acceptors (Lipinski definition) is 4. The minimum atomic E-state index is 0.00779. The molecule has 0 radical (unpaired) electrons. The van der Waals surface area contributed by atoms with Crippen LogP contribution < -0.4 is 14.8 Å². The van der Waals surface area contributed by atoms with Crippen molar-refractivity contribution in [1.29, 1.82) is 0 Å². The third-order valence-electron chi connectivity index (χ3n) is 3.81. The Kier molecular flexibility index (Phi) is 6.15. The predicted molar refractivity (Wildman–Crippen MR) is 79.2 cm³/mol. The Balaban J connectivity index is 1.84.